The number of piperidine rings is 1. The lowest BCUT2D eigenvalue weighted by molar-refractivity contribution is -0.228. The Labute approximate surface area is 233 Å². The normalized spacial score (nSPS) is 50.2. The third-order valence-electron chi connectivity index (χ3n) is 15.0. The number of hydrogen-bond acceptors (Lipinski definition) is 2. The molecule has 6 fully saturated rings. The highest BCUT2D eigenvalue weighted by atomic mass is 16.2. The summed E-state index contributed by atoms with van der Waals surface area (Å²) in [6.45, 7) is 19.4. The van der Waals surface area contributed by atoms with Crippen molar-refractivity contribution in [3.8, 4) is 0 Å². The Bertz CT molecular complexity index is 963. The van der Waals surface area contributed by atoms with Crippen LogP contribution in [0.4, 0.5) is 0 Å². The number of Topliss-reactive ketones (excluding diaryl/α,β-unsaturated/α-hetero) is 1. The van der Waals surface area contributed by atoms with E-state index in [0.29, 0.717) is 46.2 Å². The summed E-state index contributed by atoms with van der Waals surface area (Å²) < 4.78 is 0. The number of likely N-dealkylation sites (tertiary alicyclic amines) is 1. The van der Waals surface area contributed by atoms with E-state index < -0.39 is 0 Å². The van der Waals surface area contributed by atoms with Crippen LogP contribution in [0.1, 0.15) is 126 Å². The summed E-state index contributed by atoms with van der Waals surface area (Å²) in [5, 5.41) is 0. The molecule has 10 atom stereocenters. The molecule has 1 saturated heterocycles. The van der Waals surface area contributed by atoms with Gasteiger partial charge in [-0.15, -0.1) is 0 Å². The van der Waals surface area contributed by atoms with Crippen LogP contribution in [0.2, 0.25) is 0 Å². The zero-order valence-electron chi connectivity index (χ0n) is 25.8. The van der Waals surface area contributed by atoms with Crippen molar-refractivity contribution < 1.29 is 9.59 Å². The van der Waals surface area contributed by atoms with E-state index in [2.05, 4.69) is 53.4 Å². The molecule has 3 heteroatoms. The van der Waals surface area contributed by atoms with Crippen LogP contribution in [0, 0.1) is 69.0 Å². The summed E-state index contributed by atoms with van der Waals surface area (Å²) in [5.74, 6) is 6.01. The van der Waals surface area contributed by atoms with Gasteiger partial charge in [-0.05, 0) is 128 Å². The number of amides is 1. The first-order valence-corrected chi connectivity index (χ1v) is 16.7. The van der Waals surface area contributed by atoms with Gasteiger partial charge in [0.15, 0.2) is 0 Å². The fourth-order valence-electron chi connectivity index (χ4n) is 12.9. The van der Waals surface area contributed by atoms with Gasteiger partial charge >= 0.3 is 0 Å². The van der Waals surface area contributed by atoms with Crippen LogP contribution in [0.25, 0.3) is 0 Å². The van der Waals surface area contributed by atoms with Gasteiger partial charge in [0.1, 0.15) is 5.78 Å². The summed E-state index contributed by atoms with van der Waals surface area (Å²) in [6.07, 6.45) is 14.5. The molecule has 0 aromatic carbocycles. The molecule has 1 aliphatic heterocycles. The Balaban J connectivity index is 1.32. The van der Waals surface area contributed by atoms with Crippen molar-refractivity contribution in [2.45, 2.75) is 126 Å². The van der Waals surface area contributed by atoms with Gasteiger partial charge in [-0.1, -0.05) is 48.5 Å². The third kappa shape index (κ3) is 3.57. The molecule has 3 nitrogen and oxygen atoms in total. The average Bonchev–Trinajstić information content (AvgIpc) is 3.27. The molecule has 5 aliphatic carbocycles. The average molecular weight is 524 g/mol. The van der Waals surface area contributed by atoms with Crippen molar-refractivity contribution in [2.75, 3.05) is 13.1 Å². The summed E-state index contributed by atoms with van der Waals surface area (Å²) in [4.78, 5) is 29.2. The molecule has 214 valence electrons. The van der Waals surface area contributed by atoms with Crippen molar-refractivity contribution >= 4 is 11.7 Å². The number of fused-ring (bicyclic) bond motifs is 7. The van der Waals surface area contributed by atoms with E-state index in [0.717, 1.165) is 50.1 Å². The Hall–Kier alpha value is -0.860. The van der Waals surface area contributed by atoms with Gasteiger partial charge in [-0.2, -0.15) is 0 Å². The molecule has 0 radical (unpaired) electrons. The van der Waals surface area contributed by atoms with Crippen molar-refractivity contribution in [3.63, 3.8) is 0 Å². The second-order valence-corrected chi connectivity index (χ2v) is 16.7. The van der Waals surface area contributed by atoms with Crippen molar-refractivity contribution in [3.05, 3.63) is 0 Å². The number of carbonyl (C=O) groups excluding carboxylic acids is 2. The fourth-order valence-corrected chi connectivity index (χ4v) is 12.9. The van der Waals surface area contributed by atoms with E-state index in [9.17, 15) is 9.59 Å². The zero-order chi connectivity index (χ0) is 27.3. The van der Waals surface area contributed by atoms with E-state index in [1.165, 1.54) is 57.8 Å². The summed E-state index contributed by atoms with van der Waals surface area (Å²) >= 11 is 0. The smallest absolute Gasteiger partial charge is 0.225 e. The quantitative estimate of drug-likeness (QED) is 0.366. The van der Waals surface area contributed by atoms with Gasteiger partial charge in [-0.25, -0.2) is 0 Å². The molecule has 0 aromatic heterocycles. The largest absolute Gasteiger partial charge is 0.342 e. The van der Waals surface area contributed by atoms with E-state index in [-0.39, 0.29) is 16.7 Å². The first-order chi connectivity index (χ1) is 17.9. The fraction of sp³-hybridized carbons (Fsp3) is 0.943. The predicted molar refractivity (Wildman–Crippen MR) is 154 cm³/mol. The molecule has 6 rings (SSSR count). The molecule has 0 spiro atoms. The Kier molecular flexibility index (Phi) is 6.52. The predicted octanol–water partition coefficient (Wildman–Crippen LogP) is 8.16. The van der Waals surface area contributed by atoms with E-state index >= 15 is 0 Å². The van der Waals surface area contributed by atoms with E-state index in [1.807, 2.05) is 0 Å². The lowest BCUT2D eigenvalue weighted by Crippen LogP contribution is -2.65. The molecule has 0 aromatic rings. The lowest BCUT2D eigenvalue weighted by atomic mass is 9.33. The van der Waals surface area contributed by atoms with Gasteiger partial charge in [-0.3, -0.25) is 9.59 Å². The van der Waals surface area contributed by atoms with Crippen molar-refractivity contribution in [1.29, 1.82) is 0 Å². The molecule has 0 bridgehead atoms. The van der Waals surface area contributed by atoms with Gasteiger partial charge in [0, 0.05) is 30.8 Å². The van der Waals surface area contributed by atoms with E-state index in [1.54, 1.807) is 0 Å². The second-order valence-electron chi connectivity index (χ2n) is 16.7. The van der Waals surface area contributed by atoms with Gasteiger partial charge in [0.2, 0.25) is 5.91 Å². The van der Waals surface area contributed by atoms with Crippen molar-refractivity contribution in [2.24, 2.45) is 69.0 Å². The molecule has 6 aliphatic rings. The Morgan fingerprint density at radius 1 is 0.842 bits per heavy atom. The molecular formula is C35H57NO2. The standard InChI is InChI=1S/C35H57NO2/c1-22(2)24-21-25(31(38)36-19-9-8-10-20-36)23-13-17-34(6)26(30(23)24)11-12-28-33(5)16-15-29(37)32(3,4)27(33)14-18-35(28,34)7/h22-28,30H,8-21H2,1-7H3/t23?,24-,25+,26?,27?,28?,30?,33-,34+,35+/m0/s1. The maximum absolute atomic E-state index is 13.9. The minimum atomic E-state index is -0.167. The van der Waals surface area contributed by atoms with Crippen LogP contribution in [-0.2, 0) is 9.59 Å². The highest BCUT2D eigenvalue weighted by Crippen LogP contribution is 2.76. The molecule has 38 heavy (non-hydrogen) atoms. The number of rotatable bonds is 2. The highest BCUT2D eigenvalue weighted by Gasteiger charge is 2.70. The first-order valence-electron chi connectivity index (χ1n) is 16.7. The first kappa shape index (κ1) is 27.3. The minimum Gasteiger partial charge on any atom is -0.342 e. The maximum Gasteiger partial charge on any atom is 0.225 e. The van der Waals surface area contributed by atoms with Crippen LogP contribution in [-0.4, -0.2) is 29.7 Å². The number of nitrogens with zero attached hydrogens (tertiary/aromatic N) is 1. The second kappa shape index (κ2) is 9.07. The topological polar surface area (TPSA) is 37.4 Å². The Morgan fingerprint density at radius 3 is 2.21 bits per heavy atom. The monoisotopic (exact) mass is 523 g/mol. The Morgan fingerprint density at radius 2 is 1.53 bits per heavy atom. The summed E-state index contributed by atoms with van der Waals surface area (Å²) in [6, 6.07) is 0. The highest BCUT2D eigenvalue weighted by molar-refractivity contribution is 5.85. The van der Waals surface area contributed by atoms with Crippen LogP contribution in [0.3, 0.4) is 0 Å². The number of hydrogen-bond donors (Lipinski definition) is 0. The van der Waals surface area contributed by atoms with Gasteiger partial charge < -0.3 is 4.90 Å². The summed E-state index contributed by atoms with van der Waals surface area (Å²) in [5.41, 5.74) is 0.820. The molecule has 5 unspecified atom stereocenters. The molecule has 0 N–H and O–H groups in total. The minimum absolute atomic E-state index is 0.167. The van der Waals surface area contributed by atoms with Crippen LogP contribution in [0.5, 0.6) is 0 Å². The molecule has 5 saturated carbocycles. The molecule has 1 amide bonds. The zero-order valence-corrected chi connectivity index (χ0v) is 25.8. The maximum atomic E-state index is 13.9. The lowest BCUT2D eigenvalue weighted by Gasteiger charge is -2.71. The van der Waals surface area contributed by atoms with Crippen LogP contribution >= 0.6 is 0 Å². The van der Waals surface area contributed by atoms with Gasteiger partial charge in [0.25, 0.3) is 0 Å². The third-order valence-corrected chi connectivity index (χ3v) is 15.0. The number of carbonyl (C=O) groups is 2. The summed E-state index contributed by atoms with van der Waals surface area (Å²) in [7, 11) is 0. The molecular weight excluding hydrogens is 466 g/mol. The SMILES string of the molecule is CC(C)[C@@H]1C[C@@H](C(=O)N2CCCCC2)C2CC[C@]3(C)C(CCC4[C@@]5(C)CCC(=O)C(C)(C)C5CC[C@]43C)C21. The van der Waals surface area contributed by atoms with Gasteiger partial charge in [0.05, 0.1) is 0 Å². The van der Waals surface area contributed by atoms with E-state index in [4.69, 9.17) is 0 Å². The van der Waals surface area contributed by atoms with Crippen LogP contribution < -0.4 is 0 Å². The number of ketones is 1. The van der Waals surface area contributed by atoms with Crippen molar-refractivity contribution in [1.82, 2.24) is 4.90 Å². The molecule has 1 heterocycles. The van der Waals surface area contributed by atoms with Crippen LogP contribution in [0.15, 0.2) is 0 Å².